The van der Waals surface area contributed by atoms with E-state index in [-0.39, 0.29) is 24.8 Å². The predicted octanol–water partition coefficient (Wildman–Crippen LogP) is 7.56. The average molecular weight is 651 g/mol. The first-order valence-electron chi connectivity index (χ1n) is 15.4. The molecule has 0 bridgehead atoms. The molecule has 0 saturated heterocycles. The Morgan fingerprint density at radius 1 is 0.591 bits per heavy atom. The quantitative estimate of drug-likeness (QED) is 0.226. The molecule has 0 aromatic heterocycles. The van der Waals surface area contributed by atoms with Crippen LogP contribution in [0.25, 0.3) is 0 Å². The second-order valence-electron chi connectivity index (χ2n) is 16.2. The molecular formula is C36H56ClO6P. The van der Waals surface area contributed by atoms with E-state index in [9.17, 15) is 19.4 Å². The number of carbonyl (C=O) groups excluding carboxylic acids is 2. The summed E-state index contributed by atoms with van der Waals surface area (Å²) >= 11 is 7.59. The van der Waals surface area contributed by atoms with Crippen molar-refractivity contribution in [1.82, 2.24) is 0 Å². The fourth-order valence-corrected chi connectivity index (χ4v) is 10.3. The van der Waals surface area contributed by atoms with Crippen LogP contribution in [0.4, 0.5) is 0 Å². The minimum absolute atomic E-state index is 0.209. The van der Waals surface area contributed by atoms with Gasteiger partial charge in [0.1, 0.15) is 0 Å². The molecule has 0 amide bonds. The second kappa shape index (κ2) is 12.7. The molecule has 0 fully saturated rings. The Bertz CT molecular complexity index is 1220. The third-order valence-electron chi connectivity index (χ3n) is 8.06. The molecule has 6 nitrogen and oxygen atoms in total. The Labute approximate surface area is 270 Å². The van der Waals surface area contributed by atoms with Crippen molar-refractivity contribution in [1.29, 1.82) is 0 Å². The summed E-state index contributed by atoms with van der Waals surface area (Å²) in [6.45, 7) is 24.5. The summed E-state index contributed by atoms with van der Waals surface area (Å²) in [6.07, 6.45) is -4.14. The number of halogens is 1. The van der Waals surface area contributed by atoms with Gasteiger partial charge in [-0.25, -0.2) is 0 Å². The van der Waals surface area contributed by atoms with E-state index in [1.807, 2.05) is 107 Å². The van der Waals surface area contributed by atoms with Crippen molar-refractivity contribution in [2.45, 2.75) is 130 Å². The van der Waals surface area contributed by atoms with Gasteiger partial charge in [-0.05, 0) is 0 Å². The summed E-state index contributed by atoms with van der Waals surface area (Å²) in [5.41, 5.74) is 2.65. The number of rotatable bonds is 8. The maximum atomic E-state index is 13.1. The van der Waals surface area contributed by atoms with Crippen LogP contribution in [0, 0.1) is 0 Å². The van der Waals surface area contributed by atoms with Crippen molar-refractivity contribution in [3.8, 4) is 0 Å². The van der Waals surface area contributed by atoms with Crippen molar-refractivity contribution in [2.24, 2.45) is 0 Å². The monoisotopic (exact) mass is 650 g/mol. The molecule has 0 aliphatic rings. The zero-order valence-corrected chi connectivity index (χ0v) is 31.1. The fourth-order valence-electron chi connectivity index (χ4n) is 5.63. The van der Waals surface area contributed by atoms with Crippen molar-refractivity contribution in [3.63, 3.8) is 0 Å². The van der Waals surface area contributed by atoms with Gasteiger partial charge in [0.2, 0.25) is 0 Å². The van der Waals surface area contributed by atoms with Gasteiger partial charge in [0.05, 0.1) is 0 Å². The number of esters is 2. The SMILES string of the molecule is COC(=O)CCc1cc(C(C)(C)C)c(P(O)(O)(Cl)c2c(C(C)(C)C)cc(CCC(=O)OC)cc2C(C)(C)C)c(C(C)(C)C)c1. The van der Waals surface area contributed by atoms with Gasteiger partial charge >= 0.3 is 271 Å². The third kappa shape index (κ3) is 8.63. The molecule has 44 heavy (non-hydrogen) atoms. The van der Waals surface area contributed by atoms with Crippen LogP contribution in [0.2, 0.25) is 0 Å². The van der Waals surface area contributed by atoms with Crippen molar-refractivity contribution in [2.75, 3.05) is 14.2 Å². The van der Waals surface area contributed by atoms with Gasteiger partial charge in [0, 0.05) is 0 Å². The summed E-state index contributed by atoms with van der Waals surface area (Å²) < 4.78 is 9.79. The summed E-state index contributed by atoms with van der Waals surface area (Å²) in [4.78, 5) is 50.3. The zero-order chi connectivity index (χ0) is 34.3. The summed E-state index contributed by atoms with van der Waals surface area (Å²) in [6, 6.07) is 7.90. The number of hydrogen-bond acceptors (Lipinski definition) is 6. The van der Waals surface area contributed by atoms with Crippen LogP contribution in [0.5, 0.6) is 0 Å². The van der Waals surface area contributed by atoms with Gasteiger partial charge in [-0.3, -0.25) is 0 Å². The Morgan fingerprint density at radius 3 is 1.00 bits per heavy atom. The van der Waals surface area contributed by atoms with E-state index in [0.717, 1.165) is 33.4 Å². The molecule has 0 aliphatic heterocycles. The Kier molecular flexibility index (Phi) is 11.0. The van der Waals surface area contributed by atoms with E-state index >= 15 is 0 Å². The van der Waals surface area contributed by atoms with Gasteiger partial charge in [-0.1, -0.05) is 0 Å². The van der Waals surface area contributed by atoms with Crippen LogP contribution in [0.15, 0.2) is 24.3 Å². The van der Waals surface area contributed by atoms with E-state index < -0.39 is 28.1 Å². The predicted molar refractivity (Wildman–Crippen MR) is 185 cm³/mol. The fraction of sp³-hybridized carbons (Fsp3) is 0.611. The summed E-state index contributed by atoms with van der Waals surface area (Å²) in [7, 11) is 2.75. The van der Waals surface area contributed by atoms with Crippen molar-refractivity contribution >= 4 is 40.2 Å². The Balaban J connectivity index is 3.21. The number of methoxy groups -OCH3 is 2. The standard InChI is InChI=1S/C36H56ClO6P/c1-33(2,3)25-19-23(15-17-29(38)42-13)20-26(34(4,5)6)31(25)44(37,40,41)32-27(35(7,8)9)21-24(16-18-30(39)43-14)22-28(32)36(10,11)12/h19-22,40-41H,15-18H2,1-14H3. The normalized spacial score (nSPS) is 14.2. The van der Waals surface area contributed by atoms with Crippen LogP contribution in [-0.2, 0) is 53.6 Å². The molecule has 0 unspecified atom stereocenters. The van der Waals surface area contributed by atoms with Crippen LogP contribution in [0.1, 0.15) is 129 Å². The van der Waals surface area contributed by atoms with E-state index in [4.69, 9.17) is 20.7 Å². The summed E-state index contributed by atoms with van der Waals surface area (Å²) in [5.74, 6) is -0.608. The molecule has 248 valence electrons. The molecule has 2 N–H and O–H groups in total. The van der Waals surface area contributed by atoms with Gasteiger partial charge in [0.25, 0.3) is 0 Å². The molecule has 8 heteroatoms. The van der Waals surface area contributed by atoms with E-state index in [1.54, 1.807) is 0 Å². The van der Waals surface area contributed by atoms with E-state index in [1.165, 1.54) is 14.2 Å². The molecule has 2 rings (SSSR count). The Morgan fingerprint density at radius 2 is 0.818 bits per heavy atom. The van der Waals surface area contributed by atoms with Crippen molar-refractivity contribution in [3.05, 3.63) is 57.6 Å². The molecular weight excluding hydrogens is 595 g/mol. The maximum absolute atomic E-state index is 13.1. The Hall–Kier alpha value is -1.98. The number of ether oxygens (including phenoxy) is 2. The molecule has 0 heterocycles. The molecule has 2 aromatic carbocycles. The molecule has 2 aromatic rings. The van der Waals surface area contributed by atoms with Crippen molar-refractivity contribution < 1.29 is 28.8 Å². The van der Waals surface area contributed by atoms with Gasteiger partial charge < -0.3 is 0 Å². The number of hydrogen-bond donors (Lipinski definition) is 2. The summed E-state index contributed by atoms with van der Waals surface area (Å²) in [5, 5.41) is 0.718. The number of carbonyl (C=O) groups is 2. The van der Waals surface area contributed by atoms with Crippen LogP contribution in [0.3, 0.4) is 0 Å². The number of aryl methyl sites for hydroxylation is 2. The van der Waals surface area contributed by atoms with Crippen LogP contribution in [-0.4, -0.2) is 35.9 Å². The second-order valence-corrected chi connectivity index (χ2v) is 20.8. The molecule has 0 atom stereocenters. The van der Waals surface area contributed by atoms with E-state index in [2.05, 4.69) is 0 Å². The minimum atomic E-state index is -5.46. The average Bonchev–Trinajstić information content (AvgIpc) is 2.86. The van der Waals surface area contributed by atoms with Crippen LogP contribution < -0.4 is 10.6 Å². The number of benzene rings is 2. The van der Waals surface area contributed by atoms with E-state index in [0.29, 0.717) is 23.5 Å². The molecule has 0 radical (unpaired) electrons. The molecule has 0 saturated carbocycles. The first kappa shape index (κ1) is 38.2. The molecule has 0 aliphatic carbocycles. The van der Waals surface area contributed by atoms with Gasteiger partial charge in [-0.2, -0.15) is 0 Å². The third-order valence-corrected chi connectivity index (χ3v) is 11.6. The first-order chi connectivity index (χ1) is 19.6. The van der Waals surface area contributed by atoms with Gasteiger partial charge in [-0.15, -0.1) is 0 Å². The topological polar surface area (TPSA) is 93.1 Å². The zero-order valence-electron chi connectivity index (χ0n) is 29.5. The van der Waals surface area contributed by atoms with Gasteiger partial charge in [0.15, 0.2) is 0 Å². The first-order valence-corrected chi connectivity index (χ1v) is 18.4. The van der Waals surface area contributed by atoms with Crippen LogP contribution >= 0.6 is 17.7 Å². The molecule has 0 spiro atoms.